The molecule has 18 heavy (non-hydrogen) atoms. The summed E-state index contributed by atoms with van der Waals surface area (Å²) >= 11 is 0. The second-order valence-electron chi connectivity index (χ2n) is 5.23. The number of hydrogen-bond donors (Lipinski definition) is 2. The first kappa shape index (κ1) is 16.9. The van der Waals surface area contributed by atoms with E-state index >= 15 is 0 Å². The zero-order valence-electron chi connectivity index (χ0n) is 11.3. The Kier molecular flexibility index (Phi) is 4.91. The number of hydrogen-bond acceptors (Lipinski definition) is 4. The van der Waals surface area contributed by atoms with Crippen LogP contribution in [-0.2, 0) is 14.8 Å². The lowest BCUT2D eigenvalue weighted by Crippen LogP contribution is -2.58. The van der Waals surface area contributed by atoms with Crippen molar-refractivity contribution in [1.29, 1.82) is 5.26 Å². The molecular formula is C11H20N2O4S. The minimum Gasteiger partial charge on any atom is -0.481 e. The van der Waals surface area contributed by atoms with Gasteiger partial charge in [0, 0.05) is 5.54 Å². The van der Waals surface area contributed by atoms with Gasteiger partial charge in [-0.2, -0.15) is 5.26 Å². The van der Waals surface area contributed by atoms with E-state index in [4.69, 9.17) is 10.4 Å². The summed E-state index contributed by atoms with van der Waals surface area (Å²) in [5.41, 5.74) is -2.50. The lowest BCUT2D eigenvalue weighted by Gasteiger charge is -2.38. The molecule has 104 valence electrons. The van der Waals surface area contributed by atoms with Crippen molar-refractivity contribution >= 4 is 16.0 Å². The number of carboxylic acid groups (broad SMARTS) is 1. The van der Waals surface area contributed by atoms with E-state index in [0.29, 0.717) is 0 Å². The Labute approximate surface area is 108 Å². The minimum atomic E-state index is -3.87. The summed E-state index contributed by atoms with van der Waals surface area (Å²) < 4.78 is 26.2. The molecule has 0 aliphatic heterocycles. The van der Waals surface area contributed by atoms with Crippen LogP contribution < -0.4 is 4.72 Å². The van der Waals surface area contributed by atoms with E-state index in [-0.39, 0.29) is 6.42 Å². The van der Waals surface area contributed by atoms with Crippen LogP contribution in [0.2, 0.25) is 0 Å². The molecule has 0 rings (SSSR count). The number of nitrogens with zero attached hydrogens (tertiary/aromatic N) is 1. The van der Waals surface area contributed by atoms with Crippen LogP contribution in [0.3, 0.4) is 0 Å². The first-order valence-electron chi connectivity index (χ1n) is 5.58. The lowest BCUT2D eigenvalue weighted by atomic mass is 9.75. The Morgan fingerprint density at radius 1 is 1.39 bits per heavy atom. The molecule has 1 atom stereocenters. The maximum Gasteiger partial charge on any atom is 0.310 e. The number of sulfonamides is 1. The molecule has 0 aromatic rings. The molecule has 0 amide bonds. The van der Waals surface area contributed by atoms with Crippen LogP contribution in [0.5, 0.6) is 0 Å². The van der Waals surface area contributed by atoms with Crippen molar-refractivity contribution in [2.24, 2.45) is 5.41 Å². The predicted molar refractivity (Wildman–Crippen MR) is 67.2 cm³/mol. The van der Waals surface area contributed by atoms with Crippen molar-refractivity contribution in [2.45, 2.75) is 51.8 Å². The summed E-state index contributed by atoms with van der Waals surface area (Å²) in [6.45, 7) is 7.43. The average Bonchev–Trinajstić information content (AvgIpc) is 2.16. The summed E-state index contributed by atoms with van der Waals surface area (Å²) in [6, 6.07) is 1.70. The molecule has 0 saturated heterocycles. The molecule has 0 spiro atoms. The van der Waals surface area contributed by atoms with E-state index in [9.17, 15) is 13.2 Å². The minimum absolute atomic E-state index is 0.148. The van der Waals surface area contributed by atoms with Gasteiger partial charge in [-0.1, -0.05) is 6.92 Å². The highest BCUT2D eigenvalue weighted by molar-refractivity contribution is 7.90. The van der Waals surface area contributed by atoms with Gasteiger partial charge in [-0.05, 0) is 34.1 Å². The van der Waals surface area contributed by atoms with Crippen LogP contribution in [0, 0.1) is 16.7 Å². The molecule has 1 unspecified atom stereocenters. The molecule has 7 heteroatoms. The summed E-state index contributed by atoms with van der Waals surface area (Å²) in [6.07, 6.45) is 0.148. The molecule has 0 aliphatic carbocycles. The maximum atomic E-state index is 12.0. The monoisotopic (exact) mass is 276 g/mol. The van der Waals surface area contributed by atoms with Crippen LogP contribution in [0.15, 0.2) is 0 Å². The van der Waals surface area contributed by atoms with Crippen molar-refractivity contribution in [3.8, 4) is 6.07 Å². The highest BCUT2D eigenvalue weighted by atomic mass is 32.2. The number of carboxylic acids is 1. The molecule has 0 saturated carbocycles. The van der Waals surface area contributed by atoms with Crippen molar-refractivity contribution < 1.29 is 18.3 Å². The zero-order valence-corrected chi connectivity index (χ0v) is 12.1. The van der Waals surface area contributed by atoms with Gasteiger partial charge in [0.15, 0.2) is 5.25 Å². The highest BCUT2D eigenvalue weighted by Crippen LogP contribution is 2.31. The molecular weight excluding hydrogens is 256 g/mol. The molecule has 0 aromatic carbocycles. The SMILES string of the molecule is CCC(C#N)S(=O)(=O)NC(C)(C)C(C)(C)C(=O)O. The molecule has 0 aliphatic rings. The van der Waals surface area contributed by atoms with Gasteiger partial charge in [0.1, 0.15) is 0 Å². The van der Waals surface area contributed by atoms with Gasteiger partial charge < -0.3 is 5.11 Å². The summed E-state index contributed by atoms with van der Waals surface area (Å²) in [7, 11) is -3.87. The van der Waals surface area contributed by atoms with Crippen LogP contribution in [0.1, 0.15) is 41.0 Å². The smallest absolute Gasteiger partial charge is 0.310 e. The average molecular weight is 276 g/mol. The fourth-order valence-corrected chi connectivity index (χ4v) is 2.89. The van der Waals surface area contributed by atoms with E-state index < -0.39 is 32.2 Å². The molecule has 0 bridgehead atoms. The fraction of sp³-hybridized carbons (Fsp3) is 0.818. The van der Waals surface area contributed by atoms with Gasteiger partial charge in [0.25, 0.3) is 0 Å². The van der Waals surface area contributed by atoms with E-state index in [1.54, 1.807) is 13.0 Å². The third kappa shape index (κ3) is 3.21. The zero-order chi connectivity index (χ0) is 14.8. The second-order valence-corrected chi connectivity index (χ2v) is 7.09. The topological polar surface area (TPSA) is 107 Å². The van der Waals surface area contributed by atoms with Crippen LogP contribution in [-0.4, -0.2) is 30.3 Å². The lowest BCUT2D eigenvalue weighted by molar-refractivity contribution is -0.150. The molecule has 0 aromatic heterocycles. The van der Waals surface area contributed by atoms with Crippen LogP contribution in [0.4, 0.5) is 0 Å². The van der Waals surface area contributed by atoms with Crippen LogP contribution in [0.25, 0.3) is 0 Å². The number of nitriles is 1. The number of nitrogens with one attached hydrogen (secondary N) is 1. The van der Waals surface area contributed by atoms with Gasteiger partial charge in [0.2, 0.25) is 10.0 Å². The Balaban J connectivity index is 5.35. The van der Waals surface area contributed by atoms with E-state index in [1.165, 1.54) is 27.7 Å². The summed E-state index contributed by atoms with van der Waals surface area (Å²) in [5, 5.41) is 16.7. The molecule has 0 heterocycles. The van der Waals surface area contributed by atoms with Gasteiger partial charge in [-0.3, -0.25) is 4.79 Å². The van der Waals surface area contributed by atoms with Gasteiger partial charge in [-0.25, -0.2) is 13.1 Å². The van der Waals surface area contributed by atoms with Gasteiger partial charge in [0.05, 0.1) is 11.5 Å². The Hall–Kier alpha value is -1.13. The molecule has 0 radical (unpaired) electrons. The molecule has 6 nitrogen and oxygen atoms in total. The van der Waals surface area contributed by atoms with Crippen molar-refractivity contribution in [3.63, 3.8) is 0 Å². The number of carbonyl (C=O) groups is 1. The van der Waals surface area contributed by atoms with Crippen molar-refractivity contribution in [3.05, 3.63) is 0 Å². The van der Waals surface area contributed by atoms with Gasteiger partial charge in [-0.15, -0.1) is 0 Å². The second kappa shape index (κ2) is 5.24. The number of rotatable bonds is 6. The standard InChI is InChI=1S/C11H20N2O4S/c1-6-8(7-12)18(16,17)13-11(4,5)10(2,3)9(14)15/h8,13H,6H2,1-5H3,(H,14,15). The maximum absolute atomic E-state index is 12.0. The third-order valence-corrected chi connectivity index (χ3v) is 5.37. The largest absolute Gasteiger partial charge is 0.481 e. The van der Waals surface area contributed by atoms with E-state index in [0.717, 1.165) is 0 Å². The Morgan fingerprint density at radius 2 is 1.83 bits per heavy atom. The van der Waals surface area contributed by atoms with Crippen molar-refractivity contribution in [1.82, 2.24) is 4.72 Å². The summed E-state index contributed by atoms with van der Waals surface area (Å²) in [5.74, 6) is -1.11. The fourth-order valence-electron chi connectivity index (χ4n) is 1.20. The van der Waals surface area contributed by atoms with E-state index in [2.05, 4.69) is 4.72 Å². The van der Waals surface area contributed by atoms with Crippen LogP contribution >= 0.6 is 0 Å². The summed E-state index contributed by atoms with van der Waals surface area (Å²) in [4.78, 5) is 11.2. The van der Waals surface area contributed by atoms with Crippen molar-refractivity contribution in [2.75, 3.05) is 0 Å². The first-order chi connectivity index (χ1) is 7.92. The predicted octanol–water partition coefficient (Wildman–Crippen LogP) is 1.10. The van der Waals surface area contributed by atoms with Gasteiger partial charge >= 0.3 is 5.97 Å². The first-order valence-corrected chi connectivity index (χ1v) is 7.12. The quantitative estimate of drug-likeness (QED) is 0.755. The number of aliphatic carboxylic acids is 1. The van der Waals surface area contributed by atoms with E-state index in [1.807, 2.05) is 0 Å². The third-order valence-electron chi connectivity index (χ3n) is 3.38. The highest BCUT2D eigenvalue weighted by Gasteiger charge is 2.46. The molecule has 0 fully saturated rings. The normalized spacial score (nSPS) is 14.9. The Bertz CT molecular complexity index is 460. The molecule has 2 N–H and O–H groups in total. The Morgan fingerprint density at radius 3 is 2.11 bits per heavy atom.